The topological polar surface area (TPSA) is 53.1 Å². The van der Waals surface area contributed by atoms with Crippen molar-refractivity contribution in [3.05, 3.63) is 39.1 Å². The summed E-state index contributed by atoms with van der Waals surface area (Å²) < 4.78 is 8.90. The van der Waals surface area contributed by atoms with Crippen molar-refractivity contribution in [2.75, 3.05) is 0 Å². The molecule has 1 heterocycles. The molecule has 19 heavy (non-hydrogen) atoms. The minimum Gasteiger partial charge on any atom is -0.439 e. The average molecular weight is 371 g/mol. The van der Waals surface area contributed by atoms with Gasteiger partial charge in [0.1, 0.15) is 5.75 Å². The Balaban J connectivity index is 2.33. The number of rotatable bonds is 4. The van der Waals surface area contributed by atoms with E-state index in [2.05, 4.69) is 27.7 Å². The molecule has 0 fully saturated rings. The van der Waals surface area contributed by atoms with Gasteiger partial charge in [-0.1, -0.05) is 6.07 Å². The lowest BCUT2D eigenvalue weighted by atomic mass is 10.1. The smallest absolute Gasteiger partial charge is 0.221 e. The summed E-state index contributed by atoms with van der Waals surface area (Å²) in [4.78, 5) is 0. The third kappa shape index (κ3) is 3.48. The van der Waals surface area contributed by atoms with E-state index in [0.717, 1.165) is 32.9 Å². The highest BCUT2D eigenvalue weighted by atomic mass is 127. The molecular formula is C14H18IN3O. The first-order valence-corrected chi connectivity index (χ1v) is 7.26. The maximum absolute atomic E-state index is 5.98. The number of hydrogen-bond donors (Lipinski definition) is 1. The monoisotopic (exact) mass is 371 g/mol. The maximum Gasteiger partial charge on any atom is 0.221 e. The van der Waals surface area contributed by atoms with Gasteiger partial charge in [-0.05, 0) is 61.1 Å². The standard InChI is InChI=1S/C14H18IN3O/c1-9(16)7-13-10(2)17-18(3)14(13)19-12-6-4-5-11(15)8-12/h4-6,8-9H,7,16H2,1-3H3. The summed E-state index contributed by atoms with van der Waals surface area (Å²) in [5.41, 5.74) is 7.95. The van der Waals surface area contributed by atoms with Gasteiger partial charge in [0.15, 0.2) is 0 Å². The summed E-state index contributed by atoms with van der Waals surface area (Å²) in [6.07, 6.45) is 0.763. The zero-order valence-electron chi connectivity index (χ0n) is 11.4. The zero-order valence-corrected chi connectivity index (χ0v) is 13.5. The van der Waals surface area contributed by atoms with Crippen LogP contribution in [0.5, 0.6) is 11.6 Å². The van der Waals surface area contributed by atoms with E-state index in [4.69, 9.17) is 10.5 Å². The molecule has 0 bridgehead atoms. The Hall–Kier alpha value is -1.08. The lowest BCUT2D eigenvalue weighted by Gasteiger charge is -2.10. The maximum atomic E-state index is 5.98. The Morgan fingerprint density at radius 1 is 1.47 bits per heavy atom. The Kier molecular flexibility index (Phi) is 4.46. The van der Waals surface area contributed by atoms with E-state index in [1.165, 1.54) is 0 Å². The lowest BCUT2D eigenvalue weighted by Crippen LogP contribution is -2.18. The molecule has 0 aliphatic heterocycles. The second-order valence-electron chi connectivity index (χ2n) is 4.73. The van der Waals surface area contributed by atoms with Gasteiger partial charge < -0.3 is 10.5 Å². The quantitative estimate of drug-likeness (QED) is 0.841. The summed E-state index contributed by atoms with van der Waals surface area (Å²) in [7, 11) is 1.89. The first-order chi connectivity index (χ1) is 8.97. The van der Waals surface area contributed by atoms with E-state index in [-0.39, 0.29) is 6.04 Å². The van der Waals surface area contributed by atoms with Crippen molar-refractivity contribution in [2.24, 2.45) is 12.8 Å². The van der Waals surface area contributed by atoms with E-state index < -0.39 is 0 Å². The SMILES string of the molecule is Cc1nn(C)c(Oc2cccc(I)c2)c1CC(C)N. The van der Waals surface area contributed by atoms with Crippen LogP contribution in [0.2, 0.25) is 0 Å². The highest BCUT2D eigenvalue weighted by Crippen LogP contribution is 2.28. The molecule has 1 atom stereocenters. The predicted octanol–water partition coefficient (Wildman–Crippen LogP) is 3.02. The molecule has 0 amide bonds. The number of hydrogen-bond acceptors (Lipinski definition) is 3. The molecule has 4 nitrogen and oxygen atoms in total. The fraction of sp³-hybridized carbons (Fsp3) is 0.357. The van der Waals surface area contributed by atoms with Gasteiger partial charge >= 0.3 is 0 Å². The number of benzene rings is 1. The largest absolute Gasteiger partial charge is 0.439 e. The van der Waals surface area contributed by atoms with E-state index >= 15 is 0 Å². The molecule has 5 heteroatoms. The number of nitrogens with zero attached hydrogens (tertiary/aromatic N) is 2. The normalized spacial score (nSPS) is 12.5. The Morgan fingerprint density at radius 2 is 2.21 bits per heavy atom. The van der Waals surface area contributed by atoms with Crippen molar-refractivity contribution in [3.8, 4) is 11.6 Å². The molecule has 1 unspecified atom stereocenters. The number of halogens is 1. The van der Waals surface area contributed by atoms with Gasteiger partial charge in [-0.3, -0.25) is 0 Å². The third-order valence-corrected chi connectivity index (χ3v) is 3.50. The molecule has 0 aliphatic carbocycles. The van der Waals surface area contributed by atoms with Crippen molar-refractivity contribution in [1.29, 1.82) is 0 Å². The van der Waals surface area contributed by atoms with Gasteiger partial charge in [0.25, 0.3) is 0 Å². The van der Waals surface area contributed by atoms with Crippen molar-refractivity contribution in [2.45, 2.75) is 26.3 Å². The predicted molar refractivity (Wildman–Crippen MR) is 84.5 cm³/mol. The van der Waals surface area contributed by atoms with Crippen LogP contribution in [0.1, 0.15) is 18.2 Å². The molecule has 1 aromatic heterocycles. The zero-order chi connectivity index (χ0) is 14.0. The highest BCUT2D eigenvalue weighted by molar-refractivity contribution is 14.1. The molecule has 0 saturated carbocycles. The van der Waals surface area contributed by atoms with E-state index in [1.807, 2.05) is 45.2 Å². The number of ether oxygens (including phenoxy) is 1. The number of aromatic nitrogens is 2. The second kappa shape index (κ2) is 5.92. The fourth-order valence-electron chi connectivity index (χ4n) is 2.01. The first kappa shape index (κ1) is 14.3. The minimum atomic E-state index is 0.0844. The summed E-state index contributed by atoms with van der Waals surface area (Å²) >= 11 is 2.27. The highest BCUT2D eigenvalue weighted by Gasteiger charge is 2.16. The van der Waals surface area contributed by atoms with E-state index in [0.29, 0.717) is 0 Å². The van der Waals surface area contributed by atoms with Crippen molar-refractivity contribution in [3.63, 3.8) is 0 Å². The summed E-state index contributed by atoms with van der Waals surface area (Å²) in [6, 6.07) is 8.04. The van der Waals surface area contributed by atoms with E-state index in [1.54, 1.807) is 4.68 Å². The molecule has 1 aromatic carbocycles. The lowest BCUT2D eigenvalue weighted by molar-refractivity contribution is 0.424. The molecule has 2 aromatic rings. The second-order valence-corrected chi connectivity index (χ2v) is 5.98. The van der Waals surface area contributed by atoms with E-state index in [9.17, 15) is 0 Å². The summed E-state index contributed by atoms with van der Waals surface area (Å²) in [6.45, 7) is 3.97. The molecule has 0 aliphatic rings. The van der Waals surface area contributed by atoms with Crippen LogP contribution in [0, 0.1) is 10.5 Å². The van der Waals surface area contributed by atoms with Crippen molar-refractivity contribution >= 4 is 22.6 Å². The molecule has 0 radical (unpaired) electrons. The van der Waals surface area contributed by atoms with Crippen LogP contribution in [-0.2, 0) is 13.5 Å². The van der Waals surface area contributed by atoms with Gasteiger partial charge in [0, 0.05) is 22.2 Å². The molecule has 102 valence electrons. The summed E-state index contributed by atoms with van der Waals surface area (Å²) in [5, 5.41) is 4.42. The van der Waals surface area contributed by atoms with Crippen LogP contribution in [0.25, 0.3) is 0 Å². The molecular weight excluding hydrogens is 353 g/mol. The first-order valence-electron chi connectivity index (χ1n) is 6.19. The van der Waals surface area contributed by atoms with Gasteiger partial charge in [-0.2, -0.15) is 5.10 Å². The van der Waals surface area contributed by atoms with Gasteiger partial charge in [-0.25, -0.2) is 4.68 Å². The van der Waals surface area contributed by atoms with Crippen molar-refractivity contribution in [1.82, 2.24) is 9.78 Å². The minimum absolute atomic E-state index is 0.0844. The van der Waals surface area contributed by atoms with Gasteiger partial charge in [0.05, 0.1) is 5.69 Å². The van der Waals surface area contributed by atoms with Crippen LogP contribution in [0.15, 0.2) is 24.3 Å². The molecule has 0 saturated heterocycles. The number of aryl methyl sites for hydroxylation is 2. The average Bonchev–Trinajstić information content (AvgIpc) is 2.56. The Labute approximate surface area is 127 Å². The van der Waals surface area contributed by atoms with Crippen LogP contribution >= 0.6 is 22.6 Å². The molecule has 2 rings (SSSR count). The summed E-state index contributed by atoms with van der Waals surface area (Å²) in [5.74, 6) is 1.60. The third-order valence-electron chi connectivity index (χ3n) is 2.83. The fourth-order valence-corrected chi connectivity index (χ4v) is 2.52. The van der Waals surface area contributed by atoms with Crippen LogP contribution in [0.4, 0.5) is 0 Å². The van der Waals surface area contributed by atoms with Crippen LogP contribution < -0.4 is 10.5 Å². The van der Waals surface area contributed by atoms with Crippen LogP contribution in [0.3, 0.4) is 0 Å². The Morgan fingerprint density at radius 3 is 2.84 bits per heavy atom. The van der Waals surface area contributed by atoms with Crippen LogP contribution in [-0.4, -0.2) is 15.8 Å². The Bertz CT molecular complexity index is 578. The molecule has 2 N–H and O–H groups in total. The van der Waals surface area contributed by atoms with Crippen molar-refractivity contribution < 1.29 is 4.74 Å². The molecule has 0 spiro atoms. The van der Waals surface area contributed by atoms with Gasteiger partial charge in [-0.15, -0.1) is 0 Å². The number of nitrogens with two attached hydrogens (primary N) is 1. The van der Waals surface area contributed by atoms with Gasteiger partial charge in [0.2, 0.25) is 5.88 Å².